The van der Waals surface area contributed by atoms with Crippen LogP contribution in [0, 0.1) is 5.82 Å². The number of carbonyl (C=O) groups excluding carboxylic acids is 3. The second kappa shape index (κ2) is 6.98. The summed E-state index contributed by atoms with van der Waals surface area (Å²) in [6, 6.07) is 3.77. The van der Waals surface area contributed by atoms with Gasteiger partial charge in [-0.1, -0.05) is 0 Å². The average molecular weight is 336 g/mol. The molecule has 0 aliphatic carbocycles. The summed E-state index contributed by atoms with van der Waals surface area (Å²) in [4.78, 5) is 37.5. The third kappa shape index (κ3) is 4.53. The van der Waals surface area contributed by atoms with Gasteiger partial charge in [0.2, 0.25) is 5.91 Å². The fourth-order valence-electron chi connectivity index (χ4n) is 2.44. The highest BCUT2D eigenvalue weighted by Gasteiger charge is 2.26. The van der Waals surface area contributed by atoms with E-state index in [4.69, 9.17) is 4.74 Å². The van der Waals surface area contributed by atoms with E-state index in [-0.39, 0.29) is 30.2 Å². The van der Waals surface area contributed by atoms with E-state index in [1.54, 1.807) is 20.8 Å². The van der Waals surface area contributed by atoms with Crippen LogP contribution in [-0.4, -0.2) is 36.5 Å². The van der Waals surface area contributed by atoms with Gasteiger partial charge in [-0.15, -0.1) is 0 Å². The van der Waals surface area contributed by atoms with E-state index >= 15 is 0 Å². The first kappa shape index (κ1) is 17.9. The number of alkyl carbamates (subject to hydrolysis) is 1. The summed E-state index contributed by atoms with van der Waals surface area (Å²) in [7, 11) is 0. The van der Waals surface area contributed by atoms with Crippen molar-refractivity contribution in [2.45, 2.75) is 39.2 Å². The Balaban J connectivity index is 2.11. The number of hydrogen-bond donors (Lipinski definition) is 1. The predicted octanol–water partition coefficient (Wildman–Crippen LogP) is 2.66. The molecule has 2 amide bonds. The molecule has 0 fully saturated rings. The summed E-state index contributed by atoms with van der Waals surface area (Å²) in [5.41, 5.74) is -0.0975. The molecule has 0 aromatic heterocycles. The van der Waals surface area contributed by atoms with Gasteiger partial charge in [0.25, 0.3) is 0 Å². The van der Waals surface area contributed by atoms with Gasteiger partial charge < -0.3 is 15.0 Å². The SMILES string of the molecule is CC(C)(C)OC(=O)NCC(=O)N1CCCC(=O)c2cc(F)ccc21. The molecule has 0 unspecified atom stereocenters. The monoisotopic (exact) mass is 336 g/mol. The lowest BCUT2D eigenvalue weighted by atomic mass is 10.1. The van der Waals surface area contributed by atoms with Gasteiger partial charge in [0, 0.05) is 18.5 Å². The third-order valence-electron chi connectivity index (χ3n) is 3.42. The molecule has 1 N–H and O–H groups in total. The number of ketones is 1. The highest BCUT2D eigenvalue weighted by molar-refractivity contribution is 6.07. The van der Waals surface area contributed by atoms with E-state index in [9.17, 15) is 18.8 Å². The van der Waals surface area contributed by atoms with Crippen molar-refractivity contribution in [3.63, 3.8) is 0 Å². The number of hydrogen-bond acceptors (Lipinski definition) is 4. The van der Waals surface area contributed by atoms with Gasteiger partial charge in [0.15, 0.2) is 5.78 Å². The van der Waals surface area contributed by atoms with Gasteiger partial charge in [0.05, 0.1) is 5.69 Å². The highest BCUT2D eigenvalue weighted by Crippen LogP contribution is 2.27. The maximum Gasteiger partial charge on any atom is 0.408 e. The molecule has 1 heterocycles. The third-order valence-corrected chi connectivity index (χ3v) is 3.42. The lowest BCUT2D eigenvalue weighted by Crippen LogP contribution is -2.42. The van der Waals surface area contributed by atoms with Crippen LogP contribution in [-0.2, 0) is 9.53 Å². The van der Waals surface area contributed by atoms with Crippen LogP contribution in [0.5, 0.6) is 0 Å². The van der Waals surface area contributed by atoms with E-state index < -0.39 is 17.5 Å². The number of nitrogens with zero attached hydrogens (tertiary/aromatic N) is 1. The number of Topliss-reactive ketones (excluding diaryl/α,β-unsaturated/α-hetero) is 1. The van der Waals surface area contributed by atoms with Crippen molar-refractivity contribution in [2.75, 3.05) is 18.0 Å². The van der Waals surface area contributed by atoms with Gasteiger partial charge in [-0.2, -0.15) is 0 Å². The van der Waals surface area contributed by atoms with Crippen LogP contribution in [0.25, 0.3) is 0 Å². The van der Waals surface area contributed by atoms with Gasteiger partial charge in [-0.25, -0.2) is 9.18 Å². The van der Waals surface area contributed by atoms with Crippen LogP contribution in [0.1, 0.15) is 44.0 Å². The Morgan fingerprint density at radius 3 is 2.71 bits per heavy atom. The maximum atomic E-state index is 13.4. The van der Waals surface area contributed by atoms with Gasteiger partial charge in [0.1, 0.15) is 18.0 Å². The van der Waals surface area contributed by atoms with Crippen molar-refractivity contribution >= 4 is 23.5 Å². The molecule has 0 saturated heterocycles. The number of fused-ring (bicyclic) bond motifs is 1. The topological polar surface area (TPSA) is 75.7 Å². The minimum Gasteiger partial charge on any atom is -0.444 e. The zero-order valence-electron chi connectivity index (χ0n) is 14.0. The van der Waals surface area contributed by atoms with Crippen LogP contribution < -0.4 is 10.2 Å². The number of amides is 2. The average Bonchev–Trinajstić information content (AvgIpc) is 2.63. The number of nitrogens with one attached hydrogen (secondary N) is 1. The van der Waals surface area contributed by atoms with Crippen molar-refractivity contribution in [3.05, 3.63) is 29.6 Å². The van der Waals surface area contributed by atoms with Crippen molar-refractivity contribution in [1.82, 2.24) is 5.32 Å². The molecule has 0 spiro atoms. The summed E-state index contributed by atoms with van der Waals surface area (Å²) in [5.74, 6) is -1.11. The lowest BCUT2D eigenvalue weighted by molar-refractivity contribution is -0.117. The maximum absolute atomic E-state index is 13.4. The van der Waals surface area contributed by atoms with E-state index in [1.807, 2.05) is 0 Å². The van der Waals surface area contributed by atoms with Gasteiger partial charge in [-0.3, -0.25) is 9.59 Å². The molecule has 6 nitrogen and oxygen atoms in total. The molecule has 24 heavy (non-hydrogen) atoms. The van der Waals surface area contributed by atoms with Crippen molar-refractivity contribution in [2.24, 2.45) is 0 Å². The zero-order chi connectivity index (χ0) is 17.9. The first-order valence-corrected chi connectivity index (χ1v) is 7.77. The number of rotatable bonds is 2. The Morgan fingerprint density at radius 1 is 1.33 bits per heavy atom. The quantitative estimate of drug-likeness (QED) is 0.901. The predicted molar refractivity (Wildman–Crippen MR) is 86.6 cm³/mol. The Hall–Kier alpha value is -2.44. The number of anilines is 1. The largest absolute Gasteiger partial charge is 0.444 e. The van der Waals surface area contributed by atoms with Gasteiger partial charge >= 0.3 is 6.09 Å². The normalized spacial score (nSPS) is 14.7. The number of benzene rings is 1. The molecular weight excluding hydrogens is 315 g/mol. The summed E-state index contributed by atoms with van der Waals surface area (Å²) >= 11 is 0. The second-order valence-electron chi connectivity index (χ2n) is 6.59. The zero-order valence-corrected chi connectivity index (χ0v) is 14.0. The van der Waals surface area contributed by atoms with Crippen molar-refractivity contribution in [3.8, 4) is 0 Å². The molecule has 1 aliphatic rings. The second-order valence-corrected chi connectivity index (χ2v) is 6.59. The molecule has 130 valence electrons. The first-order valence-electron chi connectivity index (χ1n) is 7.77. The fraction of sp³-hybridized carbons (Fsp3) is 0.471. The van der Waals surface area contributed by atoms with E-state index in [2.05, 4.69) is 5.32 Å². The summed E-state index contributed by atoms with van der Waals surface area (Å²) in [5, 5.41) is 2.40. The molecule has 0 bridgehead atoms. The Bertz CT molecular complexity index is 667. The molecule has 7 heteroatoms. The lowest BCUT2D eigenvalue weighted by Gasteiger charge is -2.24. The summed E-state index contributed by atoms with van der Waals surface area (Å²) in [6.07, 6.45) is 0.0358. The standard InChI is InChI=1S/C17H21FN2O4/c1-17(2,3)24-16(23)19-10-15(22)20-8-4-5-14(21)12-9-11(18)6-7-13(12)20/h6-7,9H,4-5,8,10H2,1-3H3,(H,19,23). The van der Waals surface area contributed by atoms with E-state index in [0.717, 1.165) is 6.07 Å². The van der Waals surface area contributed by atoms with Crippen LogP contribution in [0.3, 0.4) is 0 Å². The van der Waals surface area contributed by atoms with Crippen LogP contribution in [0.2, 0.25) is 0 Å². The Morgan fingerprint density at radius 2 is 2.04 bits per heavy atom. The van der Waals surface area contributed by atoms with Crippen molar-refractivity contribution < 1.29 is 23.5 Å². The summed E-state index contributed by atoms with van der Waals surface area (Å²) < 4.78 is 18.5. The molecule has 1 aromatic carbocycles. The minimum atomic E-state index is -0.693. The molecule has 1 aromatic rings. The minimum absolute atomic E-state index is 0.193. The van der Waals surface area contributed by atoms with E-state index in [0.29, 0.717) is 18.7 Å². The van der Waals surface area contributed by atoms with Crippen LogP contribution >= 0.6 is 0 Å². The number of halogens is 1. The molecule has 0 atom stereocenters. The summed E-state index contributed by atoms with van der Waals surface area (Å²) in [6.45, 7) is 5.23. The Labute approximate surface area is 140 Å². The molecule has 0 saturated carbocycles. The van der Waals surface area contributed by atoms with Crippen molar-refractivity contribution in [1.29, 1.82) is 0 Å². The smallest absolute Gasteiger partial charge is 0.408 e. The number of ether oxygens (including phenoxy) is 1. The Kier molecular flexibility index (Phi) is 5.21. The first-order chi connectivity index (χ1) is 11.2. The fourth-order valence-corrected chi connectivity index (χ4v) is 2.44. The highest BCUT2D eigenvalue weighted by atomic mass is 19.1. The van der Waals surface area contributed by atoms with Crippen LogP contribution in [0.15, 0.2) is 18.2 Å². The molecule has 2 rings (SSSR count). The van der Waals surface area contributed by atoms with Crippen LogP contribution in [0.4, 0.5) is 14.9 Å². The van der Waals surface area contributed by atoms with Gasteiger partial charge in [-0.05, 0) is 45.4 Å². The number of carbonyl (C=O) groups is 3. The molecule has 0 radical (unpaired) electrons. The molecular formula is C17H21FN2O4. The van der Waals surface area contributed by atoms with E-state index in [1.165, 1.54) is 17.0 Å². The molecule has 1 aliphatic heterocycles.